The first-order valence-electron chi connectivity index (χ1n) is 6.46. The molecular formula is C12H24Bi2S9. The number of thioether (sulfide) groups is 3. The van der Waals surface area contributed by atoms with E-state index < -0.39 is 0 Å². The van der Waals surface area contributed by atoms with E-state index in [1.165, 1.54) is 0 Å². The van der Waals surface area contributed by atoms with Gasteiger partial charge in [-0.1, -0.05) is 0 Å². The fourth-order valence-corrected chi connectivity index (χ4v) is 4.10. The predicted molar refractivity (Wildman–Crippen MR) is 137 cm³/mol. The van der Waals surface area contributed by atoms with Gasteiger partial charge in [0.2, 0.25) is 0 Å². The normalized spacial score (nSPS) is 8.61. The van der Waals surface area contributed by atoms with E-state index in [1.54, 1.807) is 0 Å². The summed E-state index contributed by atoms with van der Waals surface area (Å²) in [4.78, 5) is 0. The number of hydrogen-bond acceptors (Lipinski definition) is 9. The van der Waals surface area contributed by atoms with Crippen molar-refractivity contribution in [3.8, 4) is 0 Å². The Labute approximate surface area is 229 Å². The summed E-state index contributed by atoms with van der Waals surface area (Å²) >= 11 is 33.8. The van der Waals surface area contributed by atoms with Crippen LogP contribution in [0.15, 0.2) is 0 Å². The Balaban J connectivity index is -0.0000000675. The summed E-state index contributed by atoms with van der Waals surface area (Å²) < 4.78 is 0. The van der Waals surface area contributed by atoms with Gasteiger partial charge in [0.05, 0.1) is 0 Å². The standard InChI is InChI=1S/3C4H10S3.2Bi/c3*5-1-3-7-4-2-6;;/h3*5-6H,1-4H2;;/q;;;2*+3/p-6. The van der Waals surface area contributed by atoms with Gasteiger partial charge in [0.15, 0.2) is 0 Å². The van der Waals surface area contributed by atoms with Crippen molar-refractivity contribution in [3.63, 3.8) is 0 Å². The Kier molecular flexibility index (Phi) is 76.3. The van der Waals surface area contributed by atoms with Crippen molar-refractivity contribution in [2.75, 3.05) is 69.0 Å². The summed E-state index contributed by atoms with van der Waals surface area (Å²) in [6, 6.07) is 0. The van der Waals surface area contributed by atoms with Gasteiger partial charge in [-0.3, -0.25) is 0 Å². The second-order valence-corrected chi connectivity index (χ2v) is 9.19. The molecule has 0 amide bonds. The van der Waals surface area contributed by atoms with Crippen molar-refractivity contribution in [1.82, 2.24) is 0 Å². The summed E-state index contributed by atoms with van der Waals surface area (Å²) in [5.41, 5.74) is 0. The van der Waals surface area contributed by atoms with Gasteiger partial charge in [0.1, 0.15) is 0 Å². The third kappa shape index (κ3) is 58.4. The SMILES string of the molecule is [Bi+3].[Bi+3].[S-]CCSCC[S-].[S-]CCSCC[S-].[S-]CCSCC[S-]. The Morgan fingerprint density at radius 1 is 0.348 bits per heavy atom. The molecule has 0 nitrogen and oxygen atoms in total. The van der Waals surface area contributed by atoms with Crippen molar-refractivity contribution in [2.45, 2.75) is 0 Å². The van der Waals surface area contributed by atoms with E-state index in [9.17, 15) is 0 Å². The molecule has 23 heavy (non-hydrogen) atoms. The average molecular weight is 875 g/mol. The molecule has 0 aliphatic carbocycles. The molecule has 136 valence electrons. The van der Waals surface area contributed by atoms with Crippen LogP contribution >= 0.6 is 35.3 Å². The molecule has 4 radical (unpaired) electrons. The molecule has 0 aliphatic rings. The van der Waals surface area contributed by atoms with Gasteiger partial charge in [-0.2, -0.15) is 69.8 Å². The van der Waals surface area contributed by atoms with Gasteiger partial charge in [0, 0.05) is 0 Å². The molecule has 0 saturated carbocycles. The minimum atomic E-state index is 0. The van der Waals surface area contributed by atoms with Crippen LogP contribution in [0.25, 0.3) is 0 Å². The van der Waals surface area contributed by atoms with Gasteiger partial charge in [0.25, 0.3) is 0 Å². The maximum Gasteiger partial charge on any atom is 3.00 e. The van der Waals surface area contributed by atoms with Crippen LogP contribution in [-0.2, 0) is 75.8 Å². The topological polar surface area (TPSA) is 0 Å². The van der Waals surface area contributed by atoms with E-state index in [0.29, 0.717) is 0 Å². The van der Waals surface area contributed by atoms with Gasteiger partial charge in [-0.05, 0) is 34.5 Å². The third-order valence-corrected chi connectivity index (χ3v) is 7.10. The second-order valence-electron chi connectivity index (χ2n) is 3.06. The summed E-state index contributed by atoms with van der Waals surface area (Å²) in [6.07, 6.45) is 0. The number of hydrogen-bond donors (Lipinski definition) is 0. The summed E-state index contributed by atoms with van der Waals surface area (Å²) in [5.74, 6) is 11.7. The molecule has 0 aromatic heterocycles. The molecule has 0 saturated heterocycles. The first kappa shape index (κ1) is 38.5. The molecule has 0 fully saturated rings. The monoisotopic (exact) mass is 874 g/mol. The second kappa shape index (κ2) is 45.6. The molecule has 0 N–H and O–H groups in total. The van der Waals surface area contributed by atoms with Gasteiger partial charge in [-0.15, -0.1) is 0 Å². The Morgan fingerprint density at radius 2 is 0.478 bits per heavy atom. The molecular weight excluding hydrogens is 851 g/mol. The summed E-state index contributed by atoms with van der Waals surface area (Å²) in [7, 11) is 0. The fraction of sp³-hybridized carbons (Fsp3) is 1.00. The summed E-state index contributed by atoms with van der Waals surface area (Å²) in [6.45, 7) is 0. The van der Waals surface area contributed by atoms with Crippen molar-refractivity contribution in [1.29, 1.82) is 0 Å². The molecule has 0 spiro atoms. The zero-order chi connectivity index (χ0) is 16.6. The van der Waals surface area contributed by atoms with Crippen LogP contribution in [0, 0.1) is 0 Å². The van der Waals surface area contributed by atoms with Crippen molar-refractivity contribution in [2.24, 2.45) is 0 Å². The maximum absolute atomic E-state index is 4.71. The average Bonchev–Trinajstić information content (AvgIpc) is 2.50. The van der Waals surface area contributed by atoms with Crippen molar-refractivity contribution in [3.05, 3.63) is 0 Å². The molecule has 0 aromatic carbocycles. The molecule has 0 atom stereocenters. The summed E-state index contributed by atoms with van der Waals surface area (Å²) in [5, 5.41) is 0. The van der Waals surface area contributed by atoms with Crippen molar-refractivity contribution < 1.29 is 0 Å². The molecule has 0 aromatic rings. The van der Waals surface area contributed by atoms with Crippen LogP contribution in [0.2, 0.25) is 0 Å². The van der Waals surface area contributed by atoms with E-state index in [1.807, 2.05) is 35.3 Å². The fourth-order valence-electron chi connectivity index (χ4n) is 0.660. The molecule has 0 heterocycles. The van der Waals surface area contributed by atoms with Crippen LogP contribution in [0.5, 0.6) is 0 Å². The predicted octanol–water partition coefficient (Wildman–Crippen LogP) is 1.68. The first-order chi connectivity index (χ1) is 10.2. The minimum absolute atomic E-state index is 0. The molecule has 11 heteroatoms. The minimum Gasteiger partial charge on any atom is -0.792 e. The zero-order valence-corrected chi connectivity index (χ0v) is 27.4. The maximum atomic E-state index is 4.71. The van der Waals surface area contributed by atoms with Crippen LogP contribution in [-0.4, -0.2) is 121 Å². The Bertz CT molecular complexity index is 112. The smallest absolute Gasteiger partial charge is 0.792 e. The molecule has 0 bridgehead atoms. The molecule has 0 rings (SSSR count). The van der Waals surface area contributed by atoms with Crippen LogP contribution in [0.3, 0.4) is 0 Å². The third-order valence-electron chi connectivity index (χ3n) is 1.37. The van der Waals surface area contributed by atoms with E-state index in [4.69, 9.17) is 75.8 Å². The van der Waals surface area contributed by atoms with Gasteiger partial charge >= 0.3 is 52.4 Å². The van der Waals surface area contributed by atoms with E-state index in [2.05, 4.69) is 0 Å². The van der Waals surface area contributed by atoms with Gasteiger partial charge in [-0.25, -0.2) is 0 Å². The molecule has 0 unspecified atom stereocenters. The van der Waals surface area contributed by atoms with Crippen LogP contribution in [0.1, 0.15) is 0 Å². The van der Waals surface area contributed by atoms with E-state index in [-0.39, 0.29) is 52.4 Å². The largest absolute Gasteiger partial charge is 3.00 e. The Hall–Kier alpha value is 4.92. The molecule has 0 aliphatic heterocycles. The quantitative estimate of drug-likeness (QED) is 0.162. The zero-order valence-electron chi connectivity index (χ0n) is 13.1. The van der Waals surface area contributed by atoms with Gasteiger partial charge < -0.3 is 75.8 Å². The van der Waals surface area contributed by atoms with Crippen molar-refractivity contribution >= 4 is 163 Å². The number of rotatable bonds is 12. The van der Waals surface area contributed by atoms with E-state index in [0.717, 1.165) is 69.0 Å². The Morgan fingerprint density at radius 3 is 0.565 bits per heavy atom. The first-order valence-corrected chi connectivity index (χ1v) is 13.4. The van der Waals surface area contributed by atoms with Crippen LogP contribution < -0.4 is 0 Å². The van der Waals surface area contributed by atoms with Crippen LogP contribution in [0.4, 0.5) is 0 Å². The van der Waals surface area contributed by atoms with E-state index >= 15 is 0 Å².